The van der Waals surface area contributed by atoms with Crippen LogP contribution >= 0.6 is 0 Å². The molecule has 3 aliphatic rings. The van der Waals surface area contributed by atoms with Crippen molar-refractivity contribution >= 4 is 5.97 Å². The lowest BCUT2D eigenvalue weighted by molar-refractivity contribution is -0.339. The van der Waals surface area contributed by atoms with Crippen molar-refractivity contribution in [1.29, 1.82) is 0 Å². The average molecular weight is 777 g/mol. The summed E-state index contributed by atoms with van der Waals surface area (Å²) in [7, 11) is 2.86. The molecule has 0 bridgehead atoms. The Kier molecular flexibility index (Phi) is 18.0. The minimum atomic E-state index is -1.92. The van der Waals surface area contributed by atoms with Crippen molar-refractivity contribution < 1.29 is 58.7 Å². The fourth-order valence-corrected chi connectivity index (χ4v) is 7.76. The number of aliphatic hydroxyl groups is 5. The van der Waals surface area contributed by atoms with E-state index in [0.29, 0.717) is 12.0 Å². The second-order valence-corrected chi connectivity index (χ2v) is 15.9. The van der Waals surface area contributed by atoms with Gasteiger partial charge in [0.2, 0.25) is 5.76 Å². The second kappa shape index (κ2) is 21.2. The van der Waals surface area contributed by atoms with E-state index in [1.165, 1.54) is 14.2 Å². The van der Waals surface area contributed by atoms with Crippen molar-refractivity contribution in [1.82, 2.24) is 0 Å². The third-order valence-electron chi connectivity index (χ3n) is 11.4. The van der Waals surface area contributed by atoms with Gasteiger partial charge in [0.25, 0.3) is 0 Å². The van der Waals surface area contributed by atoms with Crippen LogP contribution in [-0.2, 0) is 33.2 Å². The lowest BCUT2D eigenvalue weighted by atomic mass is 9.77. The molecule has 16 atom stereocenters. The van der Waals surface area contributed by atoms with Gasteiger partial charge in [0.1, 0.15) is 18.3 Å². The molecule has 55 heavy (non-hydrogen) atoms. The highest BCUT2D eigenvalue weighted by atomic mass is 16.7. The highest BCUT2D eigenvalue weighted by Crippen LogP contribution is 2.42. The Labute approximate surface area is 328 Å². The smallest absolute Gasteiger partial charge is 0.373 e. The van der Waals surface area contributed by atoms with Crippen LogP contribution in [-0.4, -0.2) is 113 Å². The molecule has 3 heterocycles. The number of allylic oxidation sites excluding steroid dienone is 8. The number of carbonyl (C=O) groups is 1. The van der Waals surface area contributed by atoms with Gasteiger partial charge in [-0.2, -0.15) is 0 Å². The molecular weight excluding hydrogens is 708 g/mol. The number of hydrogen-bond acceptors (Lipinski definition) is 12. The quantitative estimate of drug-likeness (QED) is 0.148. The lowest BCUT2D eigenvalue weighted by Crippen LogP contribution is -2.59. The molecule has 0 saturated carbocycles. The van der Waals surface area contributed by atoms with Gasteiger partial charge in [-0.25, -0.2) is 4.79 Å². The van der Waals surface area contributed by atoms with Crippen molar-refractivity contribution in [3.05, 3.63) is 71.6 Å². The van der Waals surface area contributed by atoms with Crippen LogP contribution in [0.1, 0.15) is 81.6 Å². The molecule has 312 valence electrons. The van der Waals surface area contributed by atoms with Crippen LogP contribution in [0.25, 0.3) is 0 Å². The summed E-state index contributed by atoms with van der Waals surface area (Å²) in [6.07, 6.45) is 8.29. The van der Waals surface area contributed by atoms with Crippen LogP contribution < -0.4 is 0 Å². The topological polar surface area (TPSA) is 174 Å². The molecular formula is C43H68O12. The first-order chi connectivity index (χ1) is 25.9. The van der Waals surface area contributed by atoms with Gasteiger partial charge in [0.05, 0.1) is 43.7 Å². The van der Waals surface area contributed by atoms with E-state index in [1.807, 2.05) is 84.1 Å². The number of rotatable bonds is 10. The summed E-state index contributed by atoms with van der Waals surface area (Å²) >= 11 is 0. The fourth-order valence-electron chi connectivity index (χ4n) is 7.76. The number of cyclic esters (lactones) is 1. The van der Waals surface area contributed by atoms with E-state index >= 15 is 0 Å². The van der Waals surface area contributed by atoms with Crippen LogP contribution in [0.4, 0.5) is 0 Å². The Morgan fingerprint density at radius 3 is 2.35 bits per heavy atom. The zero-order valence-corrected chi connectivity index (χ0v) is 34.6. The molecule has 0 amide bonds. The zero-order valence-electron chi connectivity index (χ0n) is 34.6. The first kappa shape index (κ1) is 46.7. The molecule has 2 fully saturated rings. The van der Waals surface area contributed by atoms with Crippen LogP contribution in [0.3, 0.4) is 0 Å². The van der Waals surface area contributed by atoms with Gasteiger partial charge in [-0.3, -0.25) is 0 Å². The molecule has 0 aromatic carbocycles. The number of ether oxygens (including phenoxy) is 6. The zero-order chi connectivity index (χ0) is 41.2. The van der Waals surface area contributed by atoms with Crippen molar-refractivity contribution in [3.8, 4) is 0 Å². The summed E-state index contributed by atoms with van der Waals surface area (Å²) in [6.45, 7) is 16.6. The maximum Gasteiger partial charge on any atom is 0.373 e. The number of carbonyl (C=O) groups excluding carboxylic acids is 1. The Balaban J connectivity index is 2.00. The van der Waals surface area contributed by atoms with Crippen LogP contribution in [0.5, 0.6) is 0 Å². The van der Waals surface area contributed by atoms with E-state index in [9.17, 15) is 30.3 Å². The standard InChI is InChI=1S/C43H68O12/c1-12-13-14-17-33-28(6)36(53-37-22-32(44)40(47)31(9)52-37)23-43(49,55-33)30(8)39(46)29(7)41-34(50-10)18-15-16-24(2)19-26(4)38(45)27(5)20-25(3)21-35(51-11)42(48)54-41/h12-18,20-21,26-34,36-41,44-47,49H,19,22-23H2,1-11H3/b13-12+,17-14+,18-15?,24-16-,25-20+,35-21-/t26-,27+,28+,29-,30-,31+,32+,33+,34-,36+,37+,38-,39+,40+,41+,43+/m1/s1. The average Bonchev–Trinajstić information content (AvgIpc) is 3.13. The monoisotopic (exact) mass is 776 g/mol. The van der Waals surface area contributed by atoms with Crippen molar-refractivity contribution in [2.75, 3.05) is 14.2 Å². The summed E-state index contributed by atoms with van der Waals surface area (Å²) in [5.74, 6) is -5.04. The number of esters is 1. The second-order valence-electron chi connectivity index (χ2n) is 15.9. The molecule has 0 aromatic rings. The van der Waals surface area contributed by atoms with Crippen molar-refractivity contribution in [3.63, 3.8) is 0 Å². The SMILES string of the molecule is C/C=C/C=C/[C@@H]1O[C@](O)([C@H](C)[C@@H](O)[C@@H](C)[C@@H]2OC(=O)/C(OC)=C/C(C)=C/[C@H](C)[C@H](O)[C@H](C)C/C(C)=C\C=C[C@H]2OC)C[C@H](O[C@H]2C[C@H](O)[C@@H](O)[C@H](C)O2)[C@H]1C. The first-order valence-corrected chi connectivity index (χ1v) is 19.6. The fraction of sp³-hybridized carbons (Fsp3) is 0.698. The molecule has 5 N–H and O–H groups in total. The molecule has 0 aromatic heterocycles. The first-order valence-electron chi connectivity index (χ1n) is 19.6. The molecule has 0 spiro atoms. The Morgan fingerprint density at radius 1 is 1.04 bits per heavy atom. The van der Waals surface area contributed by atoms with Gasteiger partial charge < -0.3 is 54.0 Å². The molecule has 0 radical (unpaired) electrons. The summed E-state index contributed by atoms with van der Waals surface area (Å²) in [6, 6.07) is 0. The van der Waals surface area contributed by atoms with Gasteiger partial charge >= 0.3 is 5.97 Å². The summed E-state index contributed by atoms with van der Waals surface area (Å²) in [5.41, 5.74) is 1.74. The lowest BCUT2D eigenvalue weighted by Gasteiger charge is -2.49. The largest absolute Gasteiger partial charge is 0.490 e. The van der Waals surface area contributed by atoms with E-state index in [2.05, 4.69) is 0 Å². The van der Waals surface area contributed by atoms with Crippen molar-refractivity contribution in [2.45, 2.75) is 149 Å². The Morgan fingerprint density at radius 2 is 1.73 bits per heavy atom. The van der Waals surface area contributed by atoms with Gasteiger partial charge in [0, 0.05) is 43.6 Å². The third-order valence-corrected chi connectivity index (χ3v) is 11.4. The molecule has 0 unspecified atom stereocenters. The summed E-state index contributed by atoms with van der Waals surface area (Å²) in [5, 5.41) is 56.1. The Bertz CT molecular complexity index is 1410. The molecule has 3 rings (SSSR count). The number of hydrogen-bond donors (Lipinski definition) is 5. The minimum absolute atomic E-state index is 0.0349. The van der Waals surface area contributed by atoms with Gasteiger partial charge in [-0.15, -0.1) is 0 Å². The molecule has 12 heteroatoms. The highest BCUT2D eigenvalue weighted by molar-refractivity contribution is 5.87. The predicted molar refractivity (Wildman–Crippen MR) is 209 cm³/mol. The predicted octanol–water partition coefficient (Wildman–Crippen LogP) is 5.05. The third kappa shape index (κ3) is 12.4. The summed E-state index contributed by atoms with van der Waals surface area (Å²) in [4.78, 5) is 13.8. The van der Waals surface area contributed by atoms with Crippen LogP contribution in [0.15, 0.2) is 71.6 Å². The highest BCUT2D eigenvalue weighted by Gasteiger charge is 2.52. The van der Waals surface area contributed by atoms with E-state index in [1.54, 1.807) is 32.9 Å². The minimum Gasteiger partial charge on any atom is -0.490 e. The molecule has 3 aliphatic heterocycles. The van der Waals surface area contributed by atoms with Gasteiger partial charge in [-0.05, 0) is 46.1 Å². The molecule has 2 saturated heterocycles. The van der Waals surface area contributed by atoms with Gasteiger partial charge in [-0.1, -0.05) is 94.4 Å². The number of aliphatic hydroxyl groups excluding tert-OH is 4. The Hall–Kier alpha value is -2.65. The van der Waals surface area contributed by atoms with Crippen molar-refractivity contribution in [2.24, 2.45) is 29.6 Å². The van der Waals surface area contributed by atoms with E-state index in [-0.39, 0.29) is 36.4 Å². The van der Waals surface area contributed by atoms with E-state index < -0.39 is 84.8 Å². The molecule has 0 aliphatic carbocycles. The van der Waals surface area contributed by atoms with Crippen LogP contribution in [0.2, 0.25) is 0 Å². The van der Waals surface area contributed by atoms with Crippen LogP contribution in [0, 0.1) is 29.6 Å². The maximum atomic E-state index is 13.8. The van der Waals surface area contributed by atoms with Gasteiger partial charge in [0.15, 0.2) is 12.1 Å². The normalized spacial score (nSPS) is 42.0. The summed E-state index contributed by atoms with van der Waals surface area (Å²) < 4.78 is 36.1. The molecule has 12 nitrogen and oxygen atoms in total. The van der Waals surface area contributed by atoms with E-state index in [4.69, 9.17) is 28.4 Å². The maximum absolute atomic E-state index is 13.8. The number of methoxy groups -OCH3 is 2. The van der Waals surface area contributed by atoms with E-state index in [0.717, 1.165) is 5.57 Å².